The lowest BCUT2D eigenvalue weighted by atomic mass is 10.1. The third kappa shape index (κ3) is 2.88. The molecule has 0 radical (unpaired) electrons. The summed E-state index contributed by atoms with van der Waals surface area (Å²) in [6.45, 7) is 3.60. The standard InChI is InChI=1S/C10H15N3O3S/c1-6-4-8(11)9(5-7(6)2)17(15,16)13-10(14)12-3/h4-5H,11H2,1-3H3,(H2,12,13,14). The van der Waals surface area contributed by atoms with Gasteiger partial charge >= 0.3 is 6.03 Å². The summed E-state index contributed by atoms with van der Waals surface area (Å²) in [5, 5.41) is 2.17. The summed E-state index contributed by atoms with van der Waals surface area (Å²) in [6.07, 6.45) is 0. The van der Waals surface area contributed by atoms with Gasteiger partial charge in [0.1, 0.15) is 4.90 Å². The summed E-state index contributed by atoms with van der Waals surface area (Å²) in [4.78, 5) is 10.9. The summed E-state index contributed by atoms with van der Waals surface area (Å²) in [6, 6.07) is 2.20. The number of carbonyl (C=O) groups excluding carboxylic acids is 1. The van der Waals surface area contributed by atoms with Crippen molar-refractivity contribution in [1.29, 1.82) is 0 Å². The molecule has 0 heterocycles. The van der Waals surface area contributed by atoms with Gasteiger partial charge in [0.15, 0.2) is 0 Å². The van der Waals surface area contributed by atoms with Crippen LogP contribution < -0.4 is 15.8 Å². The van der Waals surface area contributed by atoms with Gasteiger partial charge in [0.25, 0.3) is 10.0 Å². The molecule has 94 valence electrons. The van der Waals surface area contributed by atoms with E-state index in [4.69, 9.17) is 5.73 Å². The number of rotatable bonds is 2. The number of carbonyl (C=O) groups is 1. The number of hydrogen-bond acceptors (Lipinski definition) is 4. The first-order valence-electron chi connectivity index (χ1n) is 4.89. The minimum absolute atomic E-state index is 0.0933. The van der Waals surface area contributed by atoms with Gasteiger partial charge < -0.3 is 11.1 Å². The Balaban J connectivity index is 3.25. The highest BCUT2D eigenvalue weighted by atomic mass is 32.2. The van der Waals surface area contributed by atoms with Crippen LogP contribution in [0.25, 0.3) is 0 Å². The van der Waals surface area contributed by atoms with E-state index in [1.165, 1.54) is 13.1 Å². The molecular formula is C10H15N3O3S. The van der Waals surface area contributed by atoms with E-state index < -0.39 is 16.1 Å². The van der Waals surface area contributed by atoms with Crippen LogP contribution >= 0.6 is 0 Å². The summed E-state index contributed by atoms with van der Waals surface area (Å²) in [5.41, 5.74) is 7.44. The Morgan fingerprint density at radius 3 is 2.29 bits per heavy atom. The molecule has 17 heavy (non-hydrogen) atoms. The first-order chi connectivity index (χ1) is 7.77. The maximum atomic E-state index is 11.8. The van der Waals surface area contributed by atoms with Gasteiger partial charge in [-0.1, -0.05) is 0 Å². The van der Waals surface area contributed by atoms with Gasteiger partial charge in [0.05, 0.1) is 5.69 Å². The Morgan fingerprint density at radius 1 is 1.24 bits per heavy atom. The van der Waals surface area contributed by atoms with E-state index >= 15 is 0 Å². The predicted octanol–water partition coefficient (Wildman–Crippen LogP) is 0.503. The number of benzene rings is 1. The molecule has 0 spiro atoms. The van der Waals surface area contributed by atoms with Crippen LogP contribution in [0.15, 0.2) is 17.0 Å². The van der Waals surface area contributed by atoms with Crippen LogP contribution in [-0.2, 0) is 10.0 Å². The number of nitrogens with one attached hydrogen (secondary N) is 2. The molecule has 0 saturated heterocycles. The molecular weight excluding hydrogens is 242 g/mol. The zero-order valence-corrected chi connectivity index (χ0v) is 10.7. The SMILES string of the molecule is CNC(=O)NS(=O)(=O)c1cc(C)c(C)cc1N. The number of aryl methyl sites for hydroxylation is 2. The molecule has 2 amide bonds. The normalized spacial score (nSPS) is 11.0. The number of urea groups is 1. The van der Waals surface area contributed by atoms with Crippen molar-refractivity contribution in [2.45, 2.75) is 18.7 Å². The zero-order chi connectivity index (χ0) is 13.2. The van der Waals surface area contributed by atoms with Crippen molar-refractivity contribution in [2.24, 2.45) is 0 Å². The Kier molecular flexibility index (Phi) is 3.62. The van der Waals surface area contributed by atoms with Crippen molar-refractivity contribution in [3.05, 3.63) is 23.3 Å². The molecule has 7 heteroatoms. The maximum Gasteiger partial charge on any atom is 0.328 e. The van der Waals surface area contributed by atoms with E-state index in [0.717, 1.165) is 11.1 Å². The molecule has 0 aromatic heterocycles. The highest BCUT2D eigenvalue weighted by Gasteiger charge is 2.20. The van der Waals surface area contributed by atoms with Gasteiger partial charge in [-0.3, -0.25) is 0 Å². The molecule has 0 atom stereocenters. The van der Waals surface area contributed by atoms with Gasteiger partial charge in [0.2, 0.25) is 0 Å². The molecule has 0 fully saturated rings. The van der Waals surface area contributed by atoms with E-state index in [-0.39, 0.29) is 10.6 Å². The number of amides is 2. The lowest BCUT2D eigenvalue weighted by Crippen LogP contribution is -2.37. The third-order valence-electron chi connectivity index (χ3n) is 2.37. The largest absolute Gasteiger partial charge is 0.398 e. The molecule has 4 N–H and O–H groups in total. The highest BCUT2D eigenvalue weighted by Crippen LogP contribution is 2.22. The summed E-state index contributed by atoms with van der Waals surface area (Å²) < 4.78 is 25.5. The molecule has 0 aliphatic heterocycles. The Hall–Kier alpha value is -1.76. The fourth-order valence-electron chi connectivity index (χ4n) is 1.27. The highest BCUT2D eigenvalue weighted by molar-refractivity contribution is 7.90. The third-order valence-corrected chi connectivity index (χ3v) is 3.76. The molecule has 1 aromatic carbocycles. The molecule has 1 aromatic rings. The Labute approximate surface area is 100 Å². The van der Waals surface area contributed by atoms with E-state index in [1.54, 1.807) is 13.0 Å². The maximum absolute atomic E-state index is 11.8. The van der Waals surface area contributed by atoms with Crippen molar-refractivity contribution in [1.82, 2.24) is 10.0 Å². The first-order valence-corrected chi connectivity index (χ1v) is 6.37. The fourth-order valence-corrected chi connectivity index (χ4v) is 2.43. The summed E-state index contributed by atoms with van der Waals surface area (Å²) in [5.74, 6) is 0. The van der Waals surface area contributed by atoms with Crippen molar-refractivity contribution in [2.75, 3.05) is 12.8 Å². The minimum atomic E-state index is -3.93. The smallest absolute Gasteiger partial charge is 0.328 e. The van der Waals surface area contributed by atoms with Crippen LogP contribution in [0.1, 0.15) is 11.1 Å². The van der Waals surface area contributed by atoms with Crippen molar-refractivity contribution in [3.63, 3.8) is 0 Å². The van der Waals surface area contributed by atoms with Crippen LogP contribution in [0.3, 0.4) is 0 Å². The first kappa shape index (κ1) is 13.3. The van der Waals surface area contributed by atoms with Gasteiger partial charge in [-0.05, 0) is 37.1 Å². The average molecular weight is 257 g/mol. The second-order valence-electron chi connectivity index (χ2n) is 3.66. The summed E-state index contributed by atoms with van der Waals surface area (Å²) in [7, 11) is -2.60. The topological polar surface area (TPSA) is 101 Å². The number of nitrogen functional groups attached to an aromatic ring is 1. The Bertz CT molecular complexity index is 552. The van der Waals surface area contributed by atoms with Gasteiger partial charge in [0, 0.05) is 7.05 Å². The quantitative estimate of drug-likeness (QED) is 0.671. The monoisotopic (exact) mass is 257 g/mol. The number of anilines is 1. The van der Waals surface area contributed by atoms with Crippen molar-refractivity contribution < 1.29 is 13.2 Å². The second kappa shape index (κ2) is 4.62. The lowest BCUT2D eigenvalue weighted by molar-refractivity contribution is 0.248. The Morgan fingerprint density at radius 2 is 1.76 bits per heavy atom. The van der Waals surface area contributed by atoms with Crippen LogP contribution in [0, 0.1) is 13.8 Å². The van der Waals surface area contributed by atoms with E-state index in [1.807, 2.05) is 11.6 Å². The number of sulfonamides is 1. The van der Waals surface area contributed by atoms with Gasteiger partial charge in [-0.25, -0.2) is 17.9 Å². The predicted molar refractivity (Wildman–Crippen MR) is 65.1 cm³/mol. The van der Waals surface area contributed by atoms with Crippen LogP contribution in [0.2, 0.25) is 0 Å². The average Bonchev–Trinajstić information content (AvgIpc) is 2.22. The lowest BCUT2D eigenvalue weighted by Gasteiger charge is -2.11. The summed E-state index contributed by atoms with van der Waals surface area (Å²) >= 11 is 0. The molecule has 0 aliphatic carbocycles. The molecule has 6 nitrogen and oxygen atoms in total. The number of hydrogen-bond donors (Lipinski definition) is 3. The molecule has 0 aliphatic rings. The van der Waals surface area contributed by atoms with Crippen LogP contribution in [0.4, 0.5) is 10.5 Å². The molecule has 0 unspecified atom stereocenters. The molecule has 0 saturated carbocycles. The van der Waals surface area contributed by atoms with E-state index in [2.05, 4.69) is 5.32 Å². The molecule has 0 bridgehead atoms. The van der Waals surface area contributed by atoms with Crippen LogP contribution in [0.5, 0.6) is 0 Å². The molecule has 1 rings (SSSR count). The fraction of sp³-hybridized carbons (Fsp3) is 0.300. The van der Waals surface area contributed by atoms with Crippen molar-refractivity contribution in [3.8, 4) is 0 Å². The second-order valence-corrected chi connectivity index (χ2v) is 5.31. The number of nitrogens with two attached hydrogens (primary N) is 1. The van der Waals surface area contributed by atoms with Crippen molar-refractivity contribution >= 4 is 21.7 Å². The van der Waals surface area contributed by atoms with Gasteiger partial charge in [-0.2, -0.15) is 0 Å². The van der Waals surface area contributed by atoms with Gasteiger partial charge in [-0.15, -0.1) is 0 Å². The van der Waals surface area contributed by atoms with E-state index in [9.17, 15) is 13.2 Å². The van der Waals surface area contributed by atoms with E-state index in [0.29, 0.717) is 0 Å². The minimum Gasteiger partial charge on any atom is -0.398 e. The zero-order valence-electron chi connectivity index (χ0n) is 9.87. The van der Waals surface area contributed by atoms with Crippen LogP contribution in [-0.4, -0.2) is 21.5 Å².